The van der Waals surface area contributed by atoms with E-state index in [0.717, 1.165) is 16.7 Å². The van der Waals surface area contributed by atoms with Crippen LogP contribution in [-0.2, 0) is 35.5 Å². The molecular weight excluding hydrogens is 424 g/mol. The van der Waals surface area contributed by atoms with Crippen molar-refractivity contribution in [3.8, 4) is 0 Å². The topological polar surface area (TPSA) is 119 Å². The molecule has 9 nitrogen and oxygen atoms in total. The highest BCUT2D eigenvalue weighted by Crippen LogP contribution is 2.32. The van der Waals surface area contributed by atoms with Crippen molar-refractivity contribution in [2.75, 3.05) is 6.26 Å². The van der Waals surface area contributed by atoms with Crippen LogP contribution in [0.25, 0.3) is 0 Å². The molecule has 1 unspecified atom stereocenters. The molecule has 1 aromatic rings. The number of ether oxygens (including phenoxy) is 2. The van der Waals surface area contributed by atoms with Crippen LogP contribution in [0.5, 0.6) is 0 Å². The molecule has 0 bridgehead atoms. The first-order chi connectivity index (χ1) is 14.2. The van der Waals surface area contributed by atoms with E-state index in [1.807, 2.05) is 6.07 Å². The number of hydrogen-bond donors (Lipinski definition) is 1. The van der Waals surface area contributed by atoms with Crippen molar-refractivity contribution >= 4 is 27.8 Å². The Morgan fingerprint density at radius 3 is 2.19 bits per heavy atom. The van der Waals surface area contributed by atoms with Crippen molar-refractivity contribution in [1.82, 2.24) is 10.2 Å². The van der Waals surface area contributed by atoms with E-state index in [1.165, 1.54) is 0 Å². The molecule has 1 heterocycles. The molecule has 2 rings (SSSR count). The van der Waals surface area contributed by atoms with Crippen LogP contribution < -0.4 is 5.32 Å². The van der Waals surface area contributed by atoms with Crippen molar-refractivity contribution in [2.24, 2.45) is 0 Å². The third kappa shape index (κ3) is 6.06. The summed E-state index contributed by atoms with van der Waals surface area (Å²) in [7, 11) is -3.87. The lowest BCUT2D eigenvalue weighted by Crippen LogP contribution is -2.73. The fourth-order valence-corrected chi connectivity index (χ4v) is 4.31. The second-order valence-corrected chi connectivity index (χ2v) is 10.6. The molecule has 1 saturated heterocycles. The highest BCUT2D eigenvalue weighted by molar-refractivity contribution is 7.91. The molecule has 1 N–H and O–H groups in total. The van der Waals surface area contributed by atoms with Gasteiger partial charge in [-0.3, -0.25) is 9.69 Å². The monoisotopic (exact) mass is 452 g/mol. The van der Waals surface area contributed by atoms with Crippen LogP contribution in [0.1, 0.15) is 40.2 Å². The van der Waals surface area contributed by atoms with Gasteiger partial charge in [-0.1, -0.05) is 30.3 Å². The van der Waals surface area contributed by atoms with E-state index >= 15 is 0 Å². The zero-order valence-electron chi connectivity index (χ0n) is 18.5. The van der Waals surface area contributed by atoms with Crippen LogP contribution >= 0.6 is 0 Å². The fourth-order valence-electron chi connectivity index (χ4n) is 3.04. The first kappa shape index (κ1) is 24.4. The zero-order valence-corrected chi connectivity index (χ0v) is 19.3. The number of carbonyl (C=O) groups excluding carboxylic acids is 3. The van der Waals surface area contributed by atoms with Gasteiger partial charge in [0.15, 0.2) is 15.2 Å². The molecule has 2 atom stereocenters. The van der Waals surface area contributed by atoms with Crippen LogP contribution in [0, 0.1) is 0 Å². The molecule has 1 fully saturated rings. The van der Waals surface area contributed by atoms with Crippen molar-refractivity contribution in [3.05, 3.63) is 47.2 Å². The van der Waals surface area contributed by atoms with Crippen molar-refractivity contribution in [3.63, 3.8) is 0 Å². The molecule has 1 aliphatic heterocycles. The molecule has 0 aromatic heterocycles. The SMILES string of the molecule is CC(C)=C(C(=O)OCc1ccccc1)N1C(=O)C(NC(=O)OC(C)(C)C)[C@H]1S(C)(=O)=O. The number of carbonyl (C=O) groups is 3. The molecule has 0 radical (unpaired) electrons. The Kier molecular flexibility index (Phi) is 7.15. The minimum Gasteiger partial charge on any atom is -0.456 e. The van der Waals surface area contributed by atoms with E-state index in [4.69, 9.17) is 9.47 Å². The van der Waals surface area contributed by atoms with Gasteiger partial charge in [0.25, 0.3) is 5.91 Å². The Balaban J connectivity index is 2.24. The number of alkyl carbamates (subject to hydrolysis) is 1. The Bertz CT molecular complexity index is 990. The lowest BCUT2D eigenvalue weighted by molar-refractivity contribution is -0.152. The number of rotatable bonds is 6. The molecule has 1 aromatic carbocycles. The summed E-state index contributed by atoms with van der Waals surface area (Å²) in [4.78, 5) is 38.5. The predicted octanol–water partition coefficient (Wildman–Crippen LogP) is 2.13. The van der Waals surface area contributed by atoms with E-state index in [2.05, 4.69) is 5.32 Å². The third-order valence-corrected chi connectivity index (χ3v) is 5.63. The van der Waals surface area contributed by atoms with E-state index in [-0.39, 0.29) is 12.3 Å². The molecule has 0 spiro atoms. The number of likely N-dealkylation sites (tertiary alicyclic amines) is 1. The van der Waals surface area contributed by atoms with Crippen molar-refractivity contribution in [2.45, 2.75) is 58.2 Å². The molecular formula is C21H28N2O7S. The summed E-state index contributed by atoms with van der Waals surface area (Å²) in [5.41, 5.74) is 0.140. The van der Waals surface area contributed by atoms with E-state index < -0.39 is 44.8 Å². The number of sulfone groups is 1. The second-order valence-electron chi connectivity index (χ2n) is 8.46. The van der Waals surface area contributed by atoms with Gasteiger partial charge in [-0.05, 0) is 45.8 Å². The van der Waals surface area contributed by atoms with Gasteiger partial charge in [0, 0.05) is 6.26 Å². The first-order valence-electron chi connectivity index (χ1n) is 9.62. The number of hydrogen-bond acceptors (Lipinski definition) is 7. The van der Waals surface area contributed by atoms with E-state index in [1.54, 1.807) is 58.9 Å². The summed E-state index contributed by atoms with van der Waals surface area (Å²) < 4.78 is 35.2. The van der Waals surface area contributed by atoms with Crippen LogP contribution in [-0.4, -0.2) is 54.6 Å². The average molecular weight is 453 g/mol. The van der Waals surface area contributed by atoms with Crippen LogP contribution in [0.4, 0.5) is 4.79 Å². The number of esters is 1. The molecule has 31 heavy (non-hydrogen) atoms. The standard InChI is InChI=1S/C21H28N2O7S/c1-13(2)16(19(25)29-12-14-10-8-7-9-11-14)23-17(24)15(18(23)31(6,27)28)22-20(26)30-21(3,4)5/h7-11,15,18H,12H2,1-6H3,(H,22,26)/t15?,18-/m1/s1. The molecule has 170 valence electrons. The Labute approximate surface area is 182 Å². The van der Waals surface area contributed by atoms with Gasteiger partial charge in [0.05, 0.1) is 0 Å². The maximum Gasteiger partial charge on any atom is 0.408 e. The molecule has 2 amide bonds. The normalized spacial score (nSPS) is 18.6. The number of benzene rings is 1. The Morgan fingerprint density at radius 2 is 1.71 bits per heavy atom. The number of nitrogens with one attached hydrogen (secondary N) is 1. The highest BCUT2D eigenvalue weighted by Gasteiger charge is 2.57. The zero-order chi connectivity index (χ0) is 23.6. The first-order valence-corrected chi connectivity index (χ1v) is 11.6. The van der Waals surface area contributed by atoms with Gasteiger partial charge >= 0.3 is 12.1 Å². The number of nitrogens with zero attached hydrogens (tertiary/aromatic N) is 1. The lowest BCUT2D eigenvalue weighted by Gasteiger charge is -2.46. The summed E-state index contributed by atoms with van der Waals surface area (Å²) in [5.74, 6) is -1.57. The summed E-state index contributed by atoms with van der Waals surface area (Å²) >= 11 is 0. The highest BCUT2D eigenvalue weighted by atomic mass is 32.2. The van der Waals surface area contributed by atoms with Crippen LogP contribution in [0.3, 0.4) is 0 Å². The number of β-lactam (4-membered cyclic amide) rings is 1. The molecule has 0 saturated carbocycles. The van der Waals surface area contributed by atoms with E-state index in [0.29, 0.717) is 5.57 Å². The maximum atomic E-state index is 12.8. The third-order valence-electron chi connectivity index (χ3n) is 4.27. The van der Waals surface area contributed by atoms with Crippen LogP contribution in [0.15, 0.2) is 41.6 Å². The van der Waals surface area contributed by atoms with Gasteiger partial charge in [-0.15, -0.1) is 0 Å². The Hall–Kier alpha value is -2.88. The predicted molar refractivity (Wildman–Crippen MR) is 113 cm³/mol. The summed E-state index contributed by atoms with van der Waals surface area (Å²) in [6, 6.07) is 7.56. The molecule has 1 aliphatic rings. The minimum absolute atomic E-state index is 0.0401. The molecule has 0 aliphatic carbocycles. The Morgan fingerprint density at radius 1 is 1.13 bits per heavy atom. The minimum atomic E-state index is -3.87. The van der Waals surface area contributed by atoms with Gasteiger partial charge in [-0.25, -0.2) is 18.0 Å². The van der Waals surface area contributed by atoms with Crippen molar-refractivity contribution in [1.29, 1.82) is 0 Å². The number of amides is 2. The summed E-state index contributed by atoms with van der Waals surface area (Å²) in [6.45, 7) is 8.01. The average Bonchev–Trinajstić information content (AvgIpc) is 2.62. The van der Waals surface area contributed by atoms with Gasteiger partial charge in [0.1, 0.15) is 23.9 Å². The maximum absolute atomic E-state index is 12.8. The van der Waals surface area contributed by atoms with Gasteiger partial charge in [-0.2, -0.15) is 0 Å². The summed E-state index contributed by atoms with van der Waals surface area (Å²) in [5, 5.41) is 0.837. The smallest absolute Gasteiger partial charge is 0.408 e. The van der Waals surface area contributed by atoms with Gasteiger partial charge < -0.3 is 14.8 Å². The number of allylic oxidation sites excluding steroid dienone is 1. The quantitative estimate of drug-likeness (QED) is 0.399. The fraction of sp³-hybridized carbons (Fsp3) is 0.476. The van der Waals surface area contributed by atoms with Crippen molar-refractivity contribution < 1.29 is 32.3 Å². The summed E-state index contributed by atoms with van der Waals surface area (Å²) in [6.07, 6.45) is 0.00302. The molecule has 10 heteroatoms. The second kappa shape index (κ2) is 9.09. The largest absolute Gasteiger partial charge is 0.456 e. The van der Waals surface area contributed by atoms with Gasteiger partial charge in [0.2, 0.25) is 0 Å². The lowest BCUT2D eigenvalue weighted by atomic mass is 10.0. The van der Waals surface area contributed by atoms with E-state index in [9.17, 15) is 22.8 Å². The van der Waals surface area contributed by atoms with Crippen LogP contribution in [0.2, 0.25) is 0 Å².